The van der Waals surface area contributed by atoms with Crippen LogP contribution >= 0.6 is 11.6 Å². The first-order valence-corrected chi connectivity index (χ1v) is 11.2. The molecule has 1 amide bonds. The van der Waals surface area contributed by atoms with Crippen LogP contribution in [0.1, 0.15) is 38.9 Å². The fraction of sp³-hybridized carbons (Fsp3) is 0.400. The number of halogens is 1. The van der Waals surface area contributed by atoms with Crippen molar-refractivity contribution in [1.29, 1.82) is 0 Å². The molecule has 1 N–H and O–H groups in total. The molecule has 164 valence electrons. The summed E-state index contributed by atoms with van der Waals surface area (Å²) < 4.78 is 6.04. The van der Waals surface area contributed by atoms with Gasteiger partial charge in [0.05, 0.1) is 6.04 Å². The highest BCUT2D eigenvalue weighted by molar-refractivity contribution is 6.30. The molecule has 2 aromatic carbocycles. The van der Waals surface area contributed by atoms with Crippen LogP contribution in [-0.2, 0) is 0 Å². The van der Waals surface area contributed by atoms with Crippen LogP contribution in [-0.4, -0.2) is 55.5 Å². The van der Waals surface area contributed by atoms with E-state index in [9.17, 15) is 4.79 Å². The summed E-state index contributed by atoms with van der Waals surface area (Å²) in [7, 11) is 2.14. The van der Waals surface area contributed by atoms with E-state index in [0.29, 0.717) is 17.3 Å². The first-order valence-electron chi connectivity index (χ1n) is 10.8. The molecule has 1 unspecified atom stereocenters. The highest BCUT2D eigenvalue weighted by Crippen LogP contribution is 2.30. The minimum absolute atomic E-state index is 0.0866. The summed E-state index contributed by atoms with van der Waals surface area (Å²) in [5.74, 6) is 0.232. The number of nitrogens with one attached hydrogen (secondary N) is 1. The van der Waals surface area contributed by atoms with Gasteiger partial charge in [0.25, 0.3) is 5.91 Å². The van der Waals surface area contributed by atoms with E-state index >= 15 is 0 Å². The molecule has 1 aliphatic heterocycles. The van der Waals surface area contributed by atoms with Gasteiger partial charge in [0.2, 0.25) is 0 Å². The van der Waals surface area contributed by atoms with Gasteiger partial charge in [0.1, 0.15) is 5.58 Å². The standard InChI is InChI=1S/C25H30ClN3O2/c1-16-5-10-21-18(3)24(31-23(21)17(16)2)25(30)27-15-22(19-6-8-20(26)9-7-19)29-13-11-28(4)12-14-29/h5-10,22H,11-15H2,1-4H3,(H,27,30). The molecule has 0 radical (unpaired) electrons. The van der Waals surface area contributed by atoms with E-state index in [1.807, 2.05) is 32.0 Å². The fourth-order valence-electron chi connectivity index (χ4n) is 4.28. The summed E-state index contributed by atoms with van der Waals surface area (Å²) in [4.78, 5) is 17.9. The minimum Gasteiger partial charge on any atom is -0.450 e. The van der Waals surface area contributed by atoms with Gasteiger partial charge in [-0.1, -0.05) is 35.9 Å². The van der Waals surface area contributed by atoms with Crippen molar-refractivity contribution in [2.45, 2.75) is 26.8 Å². The smallest absolute Gasteiger partial charge is 0.287 e. The van der Waals surface area contributed by atoms with Crippen molar-refractivity contribution >= 4 is 28.5 Å². The first kappa shape index (κ1) is 21.9. The van der Waals surface area contributed by atoms with Gasteiger partial charge < -0.3 is 14.6 Å². The van der Waals surface area contributed by atoms with E-state index < -0.39 is 0 Å². The molecule has 6 heteroatoms. The van der Waals surface area contributed by atoms with Crippen LogP contribution in [0, 0.1) is 20.8 Å². The maximum Gasteiger partial charge on any atom is 0.287 e. The van der Waals surface area contributed by atoms with Gasteiger partial charge in [-0.2, -0.15) is 0 Å². The minimum atomic E-state index is -0.168. The van der Waals surface area contributed by atoms with Crippen LogP contribution in [0.5, 0.6) is 0 Å². The van der Waals surface area contributed by atoms with Crippen LogP contribution in [0.4, 0.5) is 0 Å². The van der Waals surface area contributed by atoms with Crippen molar-refractivity contribution in [3.05, 3.63) is 69.4 Å². The predicted octanol–water partition coefficient (Wildman–Crippen LogP) is 4.73. The summed E-state index contributed by atoms with van der Waals surface area (Å²) in [6.07, 6.45) is 0. The van der Waals surface area contributed by atoms with E-state index in [1.54, 1.807) is 0 Å². The molecule has 1 saturated heterocycles. The highest BCUT2D eigenvalue weighted by Gasteiger charge is 2.26. The SMILES string of the molecule is Cc1ccc2c(C)c(C(=O)NCC(c3ccc(Cl)cc3)N3CCN(C)CC3)oc2c1C. The van der Waals surface area contributed by atoms with E-state index in [-0.39, 0.29) is 11.9 Å². The third-order valence-electron chi connectivity index (χ3n) is 6.52. The fourth-order valence-corrected chi connectivity index (χ4v) is 4.41. The molecule has 2 heterocycles. The van der Waals surface area contributed by atoms with Crippen LogP contribution in [0.15, 0.2) is 40.8 Å². The number of amides is 1. The summed E-state index contributed by atoms with van der Waals surface area (Å²) in [5.41, 5.74) is 5.08. The number of hydrogen-bond donors (Lipinski definition) is 1. The Hall–Kier alpha value is -2.34. The number of aryl methyl sites for hydroxylation is 3. The molecule has 31 heavy (non-hydrogen) atoms. The second-order valence-electron chi connectivity index (χ2n) is 8.56. The Balaban J connectivity index is 1.56. The van der Waals surface area contributed by atoms with E-state index in [0.717, 1.165) is 59.4 Å². The topological polar surface area (TPSA) is 48.7 Å². The lowest BCUT2D eigenvalue weighted by molar-refractivity contribution is 0.0864. The lowest BCUT2D eigenvalue weighted by Crippen LogP contribution is -2.48. The number of carbonyl (C=O) groups excluding carboxylic acids is 1. The summed E-state index contributed by atoms with van der Waals surface area (Å²) >= 11 is 6.11. The molecule has 5 nitrogen and oxygen atoms in total. The molecular weight excluding hydrogens is 410 g/mol. The van der Waals surface area contributed by atoms with Gasteiger partial charge in [0.15, 0.2) is 5.76 Å². The number of likely N-dealkylation sites (N-methyl/N-ethyl adjacent to an activating group) is 1. The second-order valence-corrected chi connectivity index (χ2v) is 8.99. The van der Waals surface area contributed by atoms with Crippen molar-refractivity contribution in [3.8, 4) is 0 Å². The van der Waals surface area contributed by atoms with Gasteiger partial charge in [-0.15, -0.1) is 0 Å². The Kier molecular flexibility index (Phi) is 6.37. The van der Waals surface area contributed by atoms with Gasteiger partial charge >= 0.3 is 0 Å². The third-order valence-corrected chi connectivity index (χ3v) is 6.77. The lowest BCUT2D eigenvalue weighted by Gasteiger charge is -2.38. The van der Waals surface area contributed by atoms with Gasteiger partial charge in [-0.3, -0.25) is 9.69 Å². The Morgan fingerprint density at radius 3 is 2.39 bits per heavy atom. The van der Waals surface area contributed by atoms with E-state index in [2.05, 4.69) is 47.3 Å². The third kappa shape index (κ3) is 4.49. The quantitative estimate of drug-likeness (QED) is 0.624. The van der Waals surface area contributed by atoms with E-state index in [1.165, 1.54) is 0 Å². The molecule has 0 bridgehead atoms. The molecule has 1 atom stereocenters. The van der Waals surface area contributed by atoms with Crippen molar-refractivity contribution < 1.29 is 9.21 Å². The van der Waals surface area contributed by atoms with Crippen molar-refractivity contribution in [2.75, 3.05) is 39.8 Å². The zero-order valence-electron chi connectivity index (χ0n) is 18.7. The summed E-state index contributed by atoms with van der Waals surface area (Å²) in [6, 6.07) is 12.1. The number of piperazine rings is 1. The first-order chi connectivity index (χ1) is 14.8. The monoisotopic (exact) mass is 439 g/mol. The van der Waals surface area contributed by atoms with Crippen molar-refractivity contribution in [3.63, 3.8) is 0 Å². The molecule has 3 aromatic rings. The predicted molar refractivity (Wildman–Crippen MR) is 126 cm³/mol. The lowest BCUT2D eigenvalue weighted by atomic mass is 10.0. The number of rotatable bonds is 5. The average Bonchev–Trinajstić information content (AvgIpc) is 3.10. The molecule has 1 aliphatic rings. The largest absolute Gasteiger partial charge is 0.450 e. The molecule has 4 rings (SSSR count). The number of fused-ring (bicyclic) bond motifs is 1. The Morgan fingerprint density at radius 2 is 1.71 bits per heavy atom. The Bertz CT molecular complexity index is 1080. The maximum absolute atomic E-state index is 13.1. The number of furan rings is 1. The number of carbonyl (C=O) groups is 1. The Labute approximate surface area is 189 Å². The number of nitrogens with zero attached hydrogens (tertiary/aromatic N) is 2. The summed E-state index contributed by atoms with van der Waals surface area (Å²) in [5, 5.41) is 4.85. The second kappa shape index (κ2) is 9.03. The normalized spacial score (nSPS) is 16.5. The van der Waals surface area contributed by atoms with E-state index in [4.69, 9.17) is 16.0 Å². The van der Waals surface area contributed by atoms with Crippen molar-refractivity contribution in [1.82, 2.24) is 15.1 Å². The average molecular weight is 440 g/mol. The molecule has 0 aliphatic carbocycles. The number of benzene rings is 2. The van der Waals surface area contributed by atoms with Crippen LogP contribution in [0.2, 0.25) is 5.02 Å². The molecular formula is C25H30ClN3O2. The summed E-state index contributed by atoms with van der Waals surface area (Å²) in [6.45, 7) is 10.5. The van der Waals surface area contributed by atoms with Crippen LogP contribution in [0.3, 0.4) is 0 Å². The Morgan fingerprint density at radius 1 is 1.03 bits per heavy atom. The molecule has 0 saturated carbocycles. The maximum atomic E-state index is 13.1. The van der Waals surface area contributed by atoms with Gasteiger partial charge in [0, 0.05) is 48.7 Å². The highest BCUT2D eigenvalue weighted by atomic mass is 35.5. The van der Waals surface area contributed by atoms with Crippen LogP contribution in [0.25, 0.3) is 11.0 Å². The number of hydrogen-bond acceptors (Lipinski definition) is 4. The van der Waals surface area contributed by atoms with Gasteiger partial charge in [-0.25, -0.2) is 0 Å². The molecule has 0 spiro atoms. The zero-order valence-corrected chi connectivity index (χ0v) is 19.4. The molecule has 1 aromatic heterocycles. The zero-order chi connectivity index (χ0) is 22.1. The van der Waals surface area contributed by atoms with Crippen molar-refractivity contribution in [2.24, 2.45) is 0 Å². The van der Waals surface area contributed by atoms with Crippen LogP contribution < -0.4 is 5.32 Å². The van der Waals surface area contributed by atoms with Gasteiger partial charge in [-0.05, 0) is 56.6 Å². The molecule has 1 fully saturated rings.